The number of amides is 1. The van der Waals surface area contributed by atoms with E-state index in [1.807, 2.05) is 6.07 Å². The highest BCUT2D eigenvalue weighted by atomic mass is 35.5. The molecule has 4 rings (SSSR count). The van der Waals surface area contributed by atoms with Crippen LogP contribution in [-0.4, -0.2) is 46.5 Å². The van der Waals surface area contributed by atoms with Crippen LogP contribution in [0.5, 0.6) is 0 Å². The summed E-state index contributed by atoms with van der Waals surface area (Å²) in [5.41, 5.74) is 1.12. The summed E-state index contributed by atoms with van der Waals surface area (Å²) in [5, 5.41) is 7.12. The maximum atomic E-state index is 13.4. The maximum absolute atomic E-state index is 13.4. The number of hydrogen-bond donors (Lipinski definition) is 2. The smallest absolute Gasteiger partial charge is 0.280 e. The molecule has 2 aromatic heterocycles. The van der Waals surface area contributed by atoms with Crippen molar-refractivity contribution in [1.82, 2.24) is 23.8 Å². The number of carbonyl (C=O) groups is 1. The normalized spacial score (nSPS) is 21.2. The lowest BCUT2D eigenvalue weighted by Gasteiger charge is -2.35. The molecule has 31 heavy (non-hydrogen) atoms. The third-order valence-electron chi connectivity index (χ3n) is 4.95. The van der Waals surface area contributed by atoms with E-state index in [0.29, 0.717) is 5.01 Å². The van der Waals surface area contributed by atoms with E-state index in [2.05, 4.69) is 20.1 Å². The minimum Gasteiger partial charge on any atom is -0.325 e. The highest BCUT2D eigenvalue weighted by Gasteiger charge is 2.41. The van der Waals surface area contributed by atoms with E-state index in [-0.39, 0.29) is 17.1 Å². The summed E-state index contributed by atoms with van der Waals surface area (Å²) in [6.07, 6.45) is 3.48. The Kier molecular flexibility index (Phi) is 5.83. The number of nitrogens with one attached hydrogen (secondary N) is 2. The first-order valence-corrected chi connectivity index (χ1v) is 11.7. The van der Waals surface area contributed by atoms with Crippen molar-refractivity contribution in [2.75, 3.05) is 12.4 Å². The number of benzene rings is 1. The number of likely N-dealkylation sites (N-methyl/N-ethyl adjacent to an activating group) is 1. The van der Waals surface area contributed by atoms with Gasteiger partial charge in [0.1, 0.15) is 16.9 Å². The van der Waals surface area contributed by atoms with Gasteiger partial charge in [-0.2, -0.15) is 22.5 Å². The number of rotatable bonds is 4. The van der Waals surface area contributed by atoms with Gasteiger partial charge in [0, 0.05) is 32.2 Å². The van der Waals surface area contributed by atoms with Crippen LogP contribution in [0.15, 0.2) is 36.7 Å². The van der Waals surface area contributed by atoms with E-state index < -0.39 is 34.0 Å². The highest BCUT2D eigenvalue weighted by Crippen LogP contribution is 2.34. The molecule has 1 aromatic carbocycles. The van der Waals surface area contributed by atoms with Crippen LogP contribution in [0, 0.1) is 5.82 Å². The quantitative estimate of drug-likeness (QED) is 0.591. The number of aromatic nitrogens is 3. The van der Waals surface area contributed by atoms with Crippen LogP contribution in [0.1, 0.15) is 17.5 Å². The first-order valence-electron chi connectivity index (χ1n) is 9.11. The number of nitrogens with zero attached hydrogens (tertiary/aromatic N) is 4. The molecule has 1 aliphatic rings. The first kappa shape index (κ1) is 21.8. The summed E-state index contributed by atoms with van der Waals surface area (Å²) in [5.74, 6) is -1.17. The summed E-state index contributed by atoms with van der Waals surface area (Å²) in [4.78, 5) is 18.1. The topological polar surface area (TPSA) is 109 Å². The van der Waals surface area contributed by atoms with Crippen LogP contribution in [0.3, 0.4) is 0 Å². The van der Waals surface area contributed by atoms with Crippen molar-refractivity contribution >= 4 is 44.7 Å². The lowest BCUT2D eigenvalue weighted by molar-refractivity contribution is -0.120. The average Bonchev–Trinajstić information content (AvgIpc) is 3.35. The number of anilines is 1. The van der Waals surface area contributed by atoms with Gasteiger partial charge in [0.05, 0.1) is 21.6 Å². The molecular weight excluding hydrogens is 467 g/mol. The van der Waals surface area contributed by atoms with Gasteiger partial charge in [0.2, 0.25) is 5.91 Å². The molecule has 0 saturated carbocycles. The van der Waals surface area contributed by atoms with Crippen LogP contribution < -0.4 is 10.0 Å². The maximum Gasteiger partial charge on any atom is 0.280 e. The predicted molar refractivity (Wildman–Crippen MR) is 115 cm³/mol. The first-order chi connectivity index (χ1) is 14.7. The van der Waals surface area contributed by atoms with Crippen molar-refractivity contribution < 1.29 is 17.6 Å². The van der Waals surface area contributed by atoms with Crippen LogP contribution in [0.25, 0.3) is 10.6 Å². The summed E-state index contributed by atoms with van der Waals surface area (Å²) in [7, 11) is -0.804. The average molecular weight is 485 g/mol. The molecule has 3 aromatic rings. The summed E-state index contributed by atoms with van der Waals surface area (Å²) >= 11 is 7.09. The fourth-order valence-corrected chi connectivity index (χ4v) is 5.80. The Morgan fingerprint density at radius 1 is 1.35 bits per heavy atom. The lowest BCUT2D eigenvalue weighted by Crippen LogP contribution is -2.55. The SMILES string of the molecule is CN1[C@@H](C(=O)Nc2ccc(F)c(Cl)c2)C[C@@H](c2ncc(-c3ccnn3C)s2)NS1(=O)=O. The zero-order valence-electron chi connectivity index (χ0n) is 16.4. The highest BCUT2D eigenvalue weighted by molar-refractivity contribution is 7.87. The monoisotopic (exact) mass is 484 g/mol. The standard InChI is InChI=1S/C18H18ClFN6O3S2/c1-25-14(5-6-22-25)16-9-21-18(30-16)13-8-15(26(2)31(28,29)24-13)17(27)23-10-3-4-12(20)11(19)7-10/h3-7,9,13,15,24H,8H2,1-2H3,(H,23,27)/t13-,15+/m0/s1. The lowest BCUT2D eigenvalue weighted by atomic mass is 10.1. The summed E-state index contributed by atoms with van der Waals surface area (Å²) in [6, 6.07) is 3.90. The van der Waals surface area contributed by atoms with Crippen molar-refractivity contribution in [1.29, 1.82) is 0 Å². The second-order valence-electron chi connectivity index (χ2n) is 6.96. The van der Waals surface area contributed by atoms with Gasteiger partial charge >= 0.3 is 0 Å². The third-order valence-corrected chi connectivity index (χ3v) is 7.97. The van der Waals surface area contributed by atoms with Crippen molar-refractivity contribution in [3.8, 4) is 10.6 Å². The number of aryl methyl sites for hydroxylation is 1. The van der Waals surface area contributed by atoms with Crippen molar-refractivity contribution in [2.24, 2.45) is 7.05 Å². The Bertz CT molecular complexity index is 1240. The van der Waals surface area contributed by atoms with Gasteiger partial charge in [-0.25, -0.2) is 9.37 Å². The summed E-state index contributed by atoms with van der Waals surface area (Å²) < 4.78 is 43.9. The van der Waals surface area contributed by atoms with E-state index >= 15 is 0 Å². The molecular formula is C18H18ClFN6O3S2. The minimum atomic E-state index is -3.93. The Balaban J connectivity index is 1.58. The molecule has 0 unspecified atom stereocenters. The van der Waals surface area contributed by atoms with E-state index in [9.17, 15) is 17.6 Å². The zero-order chi connectivity index (χ0) is 22.3. The number of halogens is 2. The zero-order valence-corrected chi connectivity index (χ0v) is 18.8. The van der Waals surface area contributed by atoms with Gasteiger partial charge in [-0.1, -0.05) is 11.6 Å². The van der Waals surface area contributed by atoms with E-state index in [0.717, 1.165) is 20.9 Å². The van der Waals surface area contributed by atoms with Crippen molar-refractivity contribution in [2.45, 2.75) is 18.5 Å². The Morgan fingerprint density at radius 2 is 2.13 bits per heavy atom. The van der Waals surface area contributed by atoms with Crippen LogP contribution >= 0.6 is 22.9 Å². The molecule has 0 radical (unpaired) electrons. The van der Waals surface area contributed by atoms with Crippen molar-refractivity contribution in [3.63, 3.8) is 0 Å². The molecule has 3 heterocycles. The predicted octanol–water partition coefficient (Wildman–Crippen LogP) is 2.55. The largest absolute Gasteiger partial charge is 0.325 e. The van der Waals surface area contributed by atoms with Crippen LogP contribution in [0.4, 0.5) is 10.1 Å². The molecule has 164 valence electrons. The van der Waals surface area contributed by atoms with E-state index in [1.54, 1.807) is 24.1 Å². The minimum absolute atomic E-state index is 0.146. The molecule has 1 fully saturated rings. The third kappa shape index (κ3) is 4.34. The van der Waals surface area contributed by atoms with E-state index in [4.69, 9.17) is 11.6 Å². The van der Waals surface area contributed by atoms with E-state index in [1.165, 1.54) is 30.5 Å². The van der Waals surface area contributed by atoms with Crippen LogP contribution in [0.2, 0.25) is 5.02 Å². The Hall–Kier alpha value is -2.38. The molecule has 0 bridgehead atoms. The molecule has 0 aliphatic carbocycles. The van der Waals surface area contributed by atoms with Gasteiger partial charge in [-0.05, 0) is 30.7 Å². The van der Waals surface area contributed by atoms with Gasteiger partial charge in [-0.15, -0.1) is 11.3 Å². The number of carbonyl (C=O) groups excluding carboxylic acids is 1. The number of thiazole rings is 1. The second-order valence-corrected chi connectivity index (χ2v) is 10.2. The van der Waals surface area contributed by atoms with Crippen molar-refractivity contribution in [3.05, 3.63) is 52.5 Å². The molecule has 9 nitrogen and oxygen atoms in total. The van der Waals surface area contributed by atoms with Gasteiger partial charge < -0.3 is 5.32 Å². The molecule has 1 saturated heterocycles. The summed E-state index contributed by atoms with van der Waals surface area (Å²) in [6.45, 7) is 0. The second kappa shape index (κ2) is 8.28. The molecule has 2 atom stereocenters. The molecule has 1 amide bonds. The molecule has 1 aliphatic heterocycles. The molecule has 2 N–H and O–H groups in total. The fraction of sp³-hybridized carbons (Fsp3) is 0.278. The molecule has 13 heteroatoms. The fourth-order valence-electron chi connectivity index (χ4n) is 3.26. The van der Waals surface area contributed by atoms with Gasteiger partial charge in [-0.3, -0.25) is 9.48 Å². The molecule has 0 spiro atoms. The Morgan fingerprint density at radius 3 is 2.81 bits per heavy atom. The number of hydrogen-bond acceptors (Lipinski definition) is 6. The Labute approximate surface area is 187 Å². The van der Waals surface area contributed by atoms with Crippen LogP contribution in [-0.2, 0) is 22.1 Å². The van der Waals surface area contributed by atoms with Gasteiger partial charge in [0.15, 0.2) is 0 Å². The van der Waals surface area contributed by atoms with Gasteiger partial charge in [0.25, 0.3) is 10.2 Å².